The molecule has 0 amide bonds. The molecule has 0 aliphatic heterocycles. The number of nitrogens with zero attached hydrogens (tertiary/aromatic N) is 3. The summed E-state index contributed by atoms with van der Waals surface area (Å²) in [4.78, 5) is 12.5. The number of rotatable bonds is 2. The first kappa shape index (κ1) is 12.5. The van der Waals surface area contributed by atoms with E-state index >= 15 is 0 Å². The van der Waals surface area contributed by atoms with E-state index in [1.807, 2.05) is 0 Å². The van der Waals surface area contributed by atoms with Crippen LogP contribution in [0.4, 0.5) is 24.8 Å². The molecule has 1 aromatic rings. The highest BCUT2D eigenvalue weighted by Gasteiger charge is 2.35. The van der Waals surface area contributed by atoms with Crippen LogP contribution in [0.3, 0.4) is 0 Å². The summed E-state index contributed by atoms with van der Waals surface area (Å²) in [5.74, 6) is -2.71. The summed E-state index contributed by atoms with van der Waals surface area (Å²) >= 11 is 0. The number of nitriles is 1. The Morgan fingerprint density at radius 1 is 1.59 bits per heavy atom. The average molecular weight is 248 g/mol. The Labute approximate surface area is 91.4 Å². The van der Waals surface area contributed by atoms with Crippen LogP contribution >= 0.6 is 0 Å². The molecule has 7 nitrogen and oxygen atoms in total. The summed E-state index contributed by atoms with van der Waals surface area (Å²) < 4.78 is 39.3. The van der Waals surface area contributed by atoms with Crippen LogP contribution in [0.25, 0.3) is 0 Å². The fraction of sp³-hybridized carbons (Fsp3) is 0.143. The van der Waals surface area contributed by atoms with Crippen LogP contribution in [0.1, 0.15) is 5.56 Å². The van der Waals surface area contributed by atoms with Crippen molar-refractivity contribution in [3.8, 4) is 11.8 Å². The molecule has 0 spiro atoms. The number of nitrogen functional groups attached to an aromatic ring is 1. The summed E-state index contributed by atoms with van der Waals surface area (Å²) in [5, 5.41) is 19.0. The van der Waals surface area contributed by atoms with Crippen molar-refractivity contribution < 1.29 is 22.8 Å². The van der Waals surface area contributed by atoms with Crippen molar-refractivity contribution in [2.75, 3.05) is 5.73 Å². The topological polar surface area (TPSA) is 115 Å². The van der Waals surface area contributed by atoms with E-state index in [0.717, 1.165) is 0 Å². The maximum absolute atomic E-state index is 12.0. The van der Waals surface area contributed by atoms with Gasteiger partial charge in [0.05, 0.1) is 6.07 Å². The highest BCUT2D eigenvalue weighted by molar-refractivity contribution is 5.58. The maximum Gasteiger partial charge on any atom is 0.573 e. The first-order valence-corrected chi connectivity index (χ1v) is 3.85. The molecule has 0 aliphatic rings. The highest BCUT2D eigenvalue weighted by Crippen LogP contribution is 2.32. The lowest BCUT2D eigenvalue weighted by atomic mass is 10.2. The quantitative estimate of drug-likeness (QED) is 0.623. The van der Waals surface area contributed by atoms with Crippen molar-refractivity contribution in [3.63, 3.8) is 0 Å². The first-order chi connectivity index (χ1) is 7.74. The van der Waals surface area contributed by atoms with E-state index in [-0.39, 0.29) is 0 Å². The number of alkyl halides is 3. The first-order valence-electron chi connectivity index (χ1n) is 3.85. The summed E-state index contributed by atoms with van der Waals surface area (Å²) in [6.45, 7) is 0. The molecule has 1 heterocycles. The monoisotopic (exact) mass is 248 g/mol. The summed E-state index contributed by atoms with van der Waals surface area (Å²) in [7, 11) is 0. The van der Waals surface area contributed by atoms with Gasteiger partial charge in [-0.2, -0.15) is 5.26 Å². The minimum absolute atomic E-state index is 0.560. The molecule has 0 radical (unpaired) electrons. The van der Waals surface area contributed by atoms with Gasteiger partial charge < -0.3 is 20.6 Å². The number of pyridine rings is 1. The average Bonchev–Trinajstić information content (AvgIpc) is 2.14. The van der Waals surface area contributed by atoms with E-state index in [1.165, 1.54) is 6.07 Å². The second-order valence-electron chi connectivity index (χ2n) is 2.66. The Morgan fingerprint density at radius 3 is 2.59 bits per heavy atom. The van der Waals surface area contributed by atoms with E-state index in [1.54, 1.807) is 0 Å². The number of nitrogens with two attached hydrogens (primary N) is 1. The van der Waals surface area contributed by atoms with Crippen LogP contribution in [0.15, 0.2) is 6.07 Å². The van der Waals surface area contributed by atoms with Gasteiger partial charge in [0, 0.05) is 0 Å². The molecule has 0 atom stereocenters. The third-order valence-corrected chi connectivity index (χ3v) is 1.49. The number of aromatic nitrogens is 1. The Balaban J connectivity index is 3.40. The number of ether oxygens (including phenoxy) is 1. The van der Waals surface area contributed by atoms with E-state index in [9.17, 15) is 23.3 Å². The molecule has 90 valence electrons. The van der Waals surface area contributed by atoms with Crippen LogP contribution in [0.5, 0.6) is 5.75 Å². The third kappa shape index (κ3) is 2.94. The van der Waals surface area contributed by atoms with Crippen LogP contribution in [0.2, 0.25) is 0 Å². The lowest BCUT2D eigenvalue weighted by Gasteiger charge is -2.09. The highest BCUT2D eigenvalue weighted by atomic mass is 19.4. The molecule has 0 saturated heterocycles. The largest absolute Gasteiger partial charge is 0.573 e. The van der Waals surface area contributed by atoms with Crippen molar-refractivity contribution in [2.45, 2.75) is 6.36 Å². The fourth-order valence-corrected chi connectivity index (χ4v) is 0.970. The van der Waals surface area contributed by atoms with Gasteiger partial charge in [0.2, 0.25) is 5.82 Å². The van der Waals surface area contributed by atoms with Gasteiger partial charge in [0.1, 0.15) is 6.07 Å². The number of hydrogen-bond donors (Lipinski definition) is 1. The predicted molar refractivity (Wildman–Crippen MR) is 46.7 cm³/mol. The van der Waals surface area contributed by atoms with Crippen LogP contribution < -0.4 is 10.5 Å². The van der Waals surface area contributed by atoms with Gasteiger partial charge in [0.15, 0.2) is 11.3 Å². The maximum atomic E-state index is 12.0. The van der Waals surface area contributed by atoms with Gasteiger partial charge >= 0.3 is 12.2 Å². The zero-order valence-corrected chi connectivity index (χ0v) is 7.85. The molecule has 0 unspecified atom stereocenters. The Bertz CT molecular complexity index is 508. The molecule has 1 rings (SSSR count). The Kier molecular flexibility index (Phi) is 3.03. The molecular formula is C7H3F3N4O3. The van der Waals surface area contributed by atoms with E-state index in [2.05, 4.69) is 9.72 Å². The molecule has 10 heteroatoms. The van der Waals surface area contributed by atoms with Crippen LogP contribution in [-0.2, 0) is 0 Å². The van der Waals surface area contributed by atoms with Crippen molar-refractivity contribution >= 4 is 11.6 Å². The Hall–Kier alpha value is -2.57. The van der Waals surface area contributed by atoms with Gasteiger partial charge in [-0.15, -0.1) is 13.2 Å². The summed E-state index contributed by atoms with van der Waals surface area (Å²) in [6.07, 6.45) is -5.09. The van der Waals surface area contributed by atoms with E-state index in [0.29, 0.717) is 6.07 Å². The SMILES string of the molecule is N#Cc1c(OC(F)(F)F)cc(N)nc1[N+](=O)[O-]. The number of anilines is 1. The molecule has 2 N–H and O–H groups in total. The molecule has 0 fully saturated rings. The van der Waals surface area contributed by atoms with Gasteiger partial charge in [-0.3, -0.25) is 0 Å². The molecule has 0 aliphatic carbocycles. The van der Waals surface area contributed by atoms with Crippen molar-refractivity contribution in [1.29, 1.82) is 5.26 Å². The fourth-order valence-electron chi connectivity index (χ4n) is 0.970. The number of hydrogen-bond acceptors (Lipinski definition) is 6. The molecule has 17 heavy (non-hydrogen) atoms. The van der Waals surface area contributed by atoms with Crippen molar-refractivity contribution in [3.05, 3.63) is 21.7 Å². The van der Waals surface area contributed by atoms with Gasteiger partial charge in [-0.25, -0.2) is 0 Å². The summed E-state index contributed by atoms with van der Waals surface area (Å²) in [6, 6.07) is 1.79. The molecule has 0 saturated carbocycles. The van der Waals surface area contributed by atoms with Crippen molar-refractivity contribution in [1.82, 2.24) is 4.98 Å². The number of nitro groups is 1. The minimum Gasteiger partial charge on any atom is -0.404 e. The molecule has 1 aromatic heterocycles. The number of halogens is 3. The van der Waals surface area contributed by atoms with Gasteiger partial charge in [0.25, 0.3) is 0 Å². The van der Waals surface area contributed by atoms with E-state index < -0.39 is 34.2 Å². The van der Waals surface area contributed by atoms with Gasteiger partial charge in [-0.05, 0) is 9.91 Å². The summed E-state index contributed by atoms with van der Waals surface area (Å²) in [5.41, 5.74) is 4.12. The van der Waals surface area contributed by atoms with Crippen molar-refractivity contribution in [2.24, 2.45) is 0 Å². The normalized spacial score (nSPS) is 10.7. The lowest BCUT2D eigenvalue weighted by Crippen LogP contribution is -2.18. The predicted octanol–water partition coefficient (Wildman–Crippen LogP) is 1.34. The second kappa shape index (κ2) is 4.12. The molecule has 0 aromatic carbocycles. The third-order valence-electron chi connectivity index (χ3n) is 1.49. The Morgan fingerprint density at radius 2 is 2.18 bits per heavy atom. The smallest absolute Gasteiger partial charge is 0.404 e. The zero-order chi connectivity index (χ0) is 13.2. The van der Waals surface area contributed by atoms with E-state index in [4.69, 9.17) is 11.0 Å². The lowest BCUT2D eigenvalue weighted by molar-refractivity contribution is -0.389. The van der Waals surface area contributed by atoms with Crippen LogP contribution in [-0.4, -0.2) is 16.3 Å². The standard InChI is InChI=1S/C7H3F3N4O3/c8-7(9,10)17-4-1-5(12)13-6(14(15)16)3(4)2-11/h1H,(H2,12,13). The van der Waals surface area contributed by atoms with Crippen LogP contribution in [0, 0.1) is 21.4 Å². The van der Waals surface area contributed by atoms with Gasteiger partial charge in [-0.1, -0.05) is 0 Å². The molecule has 0 bridgehead atoms. The zero-order valence-electron chi connectivity index (χ0n) is 7.85. The minimum atomic E-state index is -5.09. The molecular weight excluding hydrogens is 245 g/mol. The second-order valence-corrected chi connectivity index (χ2v) is 2.66.